The number of amides is 1. The summed E-state index contributed by atoms with van der Waals surface area (Å²) in [6.07, 6.45) is 3.90. The molecule has 8 nitrogen and oxygen atoms in total. The van der Waals surface area contributed by atoms with Crippen molar-refractivity contribution in [3.05, 3.63) is 18.0 Å². The van der Waals surface area contributed by atoms with Crippen LogP contribution in [0.5, 0.6) is 0 Å². The summed E-state index contributed by atoms with van der Waals surface area (Å²) >= 11 is 0. The molecule has 0 bridgehead atoms. The standard InChI is InChI=1S/C16H24N4O4/c1-23-15(21)9-13-11-19(7-8-24-13)16(22)14-4-6-20(18-14)12-3-2-5-17-10-12/h4,6,12-13,17H,2-3,5,7-11H2,1H3. The van der Waals surface area contributed by atoms with E-state index in [0.717, 1.165) is 25.9 Å². The lowest BCUT2D eigenvalue weighted by molar-refractivity contribution is -0.145. The van der Waals surface area contributed by atoms with Crippen LogP contribution in [0.2, 0.25) is 0 Å². The SMILES string of the molecule is COC(=O)CC1CN(C(=O)c2ccn(C3CCCNC3)n2)CCO1. The van der Waals surface area contributed by atoms with Gasteiger partial charge in [0.2, 0.25) is 0 Å². The molecule has 3 rings (SSSR count). The van der Waals surface area contributed by atoms with Gasteiger partial charge in [-0.2, -0.15) is 5.10 Å². The molecular formula is C16H24N4O4. The maximum atomic E-state index is 12.7. The van der Waals surface area contributed by atoms with Crippen LogP contribution >= 0.6 is 0 Å². The number of carbonyl (C=O) groups excluding carboxylic acids is 2. The maximum absolute atomic E-state index is 12.7. The molecule has 3 heterocycles. The third kappa shape index (κ3) is 3.93. The predicted octanol–water partition coefficient (Wildman–Crippen LogP) is 0.212. The molecule has 0 aromatic carbocycles. The molecule has 2 unspecified atom stereocenters. The molecule has 132 valence electrons. The van der Waals surface area contributed by atoms with E-state index in [1.54, 1.807) is 11.0 Å². The average Bonchev–Trinajstić information content (AvgIpc) is 3.12. The Balaban J connectivity index is 1.61. The van der Waals surface area contributed by atoms with Gasteiger partial charge in [0, 0.05) is 25.8 Å². The molecule has 1 aromatic rings. The predicted molar refractivity (Wildman–Crippen MR) is 85.6 cm³/mol. The first-order valence-corrected chi connectivity index (χ1v) is 8.41. The van der Waals surface area contributed by atoms with Gasteiger partial charge in [0.05, 0.1) is 32.3 Å². The van der Waals surface area contributed by atoms with Crippen LogP contribution in [-0.4, -0.2) is 72.6 Å². The molecule has 0 saturated carbocycles. The zero-order valence-electron chi connectivity index (χ0n) is 13.9. The lowest BCUT2D eigenvalue weighted by Gasteiger charge is -2.32. The maximum Gasteiger partial charge on any atom is 0.308 e. The highest BCUT2D eigenvalue weighted by Crippen LogP contribution is 2.17. The van der Waals surface area contributed by atoms with Crippen molar-refractivity contribution < 1.29 is 19.1 Å². The summed E-state index contributed by atoms with van der Waals surface area (Å²) in [7, 11) is 1.35. The second-order valence-electron chi connectivity index (χ2n) is 6.21. The second-order valence-corrected chi connectivity index (χ2v) is 6.21. The molecule has 2 saturated heterocycles. The van der Waals surface area contributed by atoms with Crippen LogP contribution < -0.4 is 5.32 Å². The first-order valence-electron chi connectivity index (χ1n) is 8.41. The lowest BCUT2D eigenvalue weighted by Crippen LogP contribution is -2.46. The number of rotatable bonds is 4. The van der Waals surface area contributed by atoms with Crippen LogP contribution in [0, 0.1) is 0 Å². The van der Waals surface area contributed by atoms with Gasteiger partial charge in [-0.3, -0.25) is 14.3 Å². The first-order chi connectivity index (χ1) is 11.7. The van der Waals surface area contributed by atoms with Gasteiger partial charge in [-0.25, -0.2) is 0 Å². The number of carbonyl (C=O) groups is 2. The number of esters is 1. The second kappa shape index (κ2) is 7.76. The first kappa shape index (κ1) is 16.9. The summed E-state index contributed by atoms with van der Waals surface area (Å²) in [5, 5.41) is 7.81. The summed E-state index contributed by atoms with van der Waals surface area (Å²) < 4.78 is 12.1. The largest absolute Gasteiger partial charge is 0.469 e. The van der Waals surface area contributed by atoms with Gasteiger partial charge in [-0.1, -0.05) is 0 Å². The van der Waals surface area contributed by atoms with Crippen LogP contribution in [-0.2, 0) is 14.3 Å². The molecule has 24 heavy (non-hydrogen) atoms. The summed E-state index contributed by atoms with van der Waals surface area (Å²) in [5.74, 6) is -0.445. The highest BCUT2D eigenvalue weighted by atomic mass is 16.5. The highest BCUT2D eigenvalue weighted by Gasteiger charge is 2.28. The van der Waals surface area contributed by atoms with Gasteiger partial charge in [-0.05, 0) is 25.5 Å². The number of hydrogen-bond donors (Lipinski definition) is 1. The zero-order valence-corrected chi connectivity index (χ0v) is 13.9. The third-order valence-electron chi connectivity index (χ3n) is 4.52. The van der Waals surface area contributed by atoms with Crippen LogP contribution in [0.1, 0.15) is 35.8 Å². The fourth-order valence-electron chi connectivity index (χ4n) is 3.17. The topological polar surface area (TPSA) is 85.7 Å². The van der Waals surface area contributed by atoms with Gasteiger partial charge in [-0.15, -0.1) is 0 Å². The van der Waals surface area contributed by atoms with Crippen LogP contribution in [0.25, 0.3) is 0 Å². The van der Waals surface area contributed by atoms with Crippen molar-refractivity contribution in [2.24, 2.45) is 0 Å². The van der Waals surface area contributed by atoms with Gasteiger partial charge < -0.3 is 19.7 Å². The molecule has 2 atom stereocenters. The van der Waals surface area contributed by atoms with Crippen molar-refractivity contribution in [1.29, 1.82) is 0 Å². The van der Waals surface area contributed by atoms with E-state index in [1.165, 1.54) is 7.11 Å². The molecule has 2 fully saturated rings. The van der Waals surface area contributed by atoms with Crippen molar-refractivity contribution in [2.45, 2.75) is 31.4 Å². The molecule has 1 amide bonds. The summed E-state index contributed by atoms with van der Waals surface area (Å²) in [5.41, 5.74) is 0.444. The number of nitrogens with zero attached hydrogens (tertiary/aromatic N) is 3. The number of aromatic nitrogens is 2. The third-order valence-corrected chi connectivity index (χ3v) is 4.52. The van der Waals surface area contributed by atoms with E-state index in [4.69, 9.17) is 4.74 Å². The minimum absolute atomic E-state index is 0.115. The van der Waals surface area contributed by atoms with Crippen molar-refractivity contribution in [3.8, 4) is 0 Å². The number of methoxy groups -OCH3 is 1. The Morgan fingerprint density at radius 3 is 3.12 bits per heavy atom. The number of piperidine rings is 1. The number of nitrogens with one attached hydrogen (secondary N) is 1. The number of ether oxygens (including phenoxy) is 2. The molecular weight excluding hydrogens is 312 g/mol. The van der Waals surface area contributed by atoms with E-state index in [2.05, 4.69) is 15.2 Å². The fraction of sp³-hybridized carbons (Fsp3) is 0.688. The van der Waals surface area contributed by atoms with Crippen molar-refractivity contribution in [3.63, 3.8) is 0 Å². The number of morpholine rings is 1. The van der Waals surface area contributed by atoms with Gasteiger partial charge in [0.15, 0.2) is 0 Å². The Kier molecular flexibility index (Phi) is 5.47. The Morgan fingerprint density at radius 2 is 2.38 bits per heavy atom. The molecule has 1 N–H and O–H groups in total. The fourth-order valence-corrected chi connectivity index (χ4v) is 3.17. The minimum atomic E-state index is -0.330. The van der Waals surface area contributed by atoms with E-state index in [9.17, 15) is 9.59 Å². The molecule has 0 spiro atoms. The van der Waals surface area contributed by atoms with Crippen LogP contribution in [0.3, 0.4) is 0 Å². The monoisotopic (exact) mass is 336 g/mol. The highest BCUT2D eigenvalue weighted by molar-refractivity contribution is 5.92. The lowest BCUT2D eigenvalue weighted by atomic mass is 10.1. The normalized spacial score (nSPS) is 24.6. The van der Waals surface area contributed by atoms with E-state index in [-0.39, 0.29) is 24.4 Å². The summed E-state index contributed by atoms with van der Waals surface area (Å²) in [6.45, 7) is 3.23. The smallest absolute Gasteiger partial charge is 0.308 e. The van der Waals surface area contributed by atoms with E-state index < -0.39 is 0 Å². The Morgan fingerprint density at radius 1 is 1.50 bits per heavy atom. The van der Waals surface area contributed by atoms with Crippen molar-refractivity contribution >= 4 is 11.9 Å². The van der Waals surface area contributed by atoms with Gasteiger partial charge in [0.1, 0.15) is 5.69 Å². The molecule has 2 aliphatic rings. The molecule has 8 heteroatoms. The molecule has 0 radical (unpaired) electrons. The van der Waals surface area contributed by atoms with E-state index in [0.29, 0.717) is 31.4 Å². The summed E-state index contributed by atoms with van der Waals surface area (Å²) in [4.78, 5) is 25.7. The number of hydrogen-bond acceptors (Lipinski definition) is 6. The van der Waals surface area contributed by atoms with Crippen LogP contribution in [0.4, 0.5) is 0 Å². The summed E-state index contributed by atoms with van der Waals surface area (Å²) in [6, 6.07) is 2.07. The van der Waals surface area contributed by atoms with Crippen molar-refractivity contribution in [2.75, 3.05) is 39.9 Å². The van der Waals surface area contributed by atoms with Gasteiger partial charge >= 0.3 is 5.97 Å². The van der Waals surface area contributed by atoms with Crippen molar-refractivity contribution in [1.82, 2.24) is 20.0 Å². The van der Waals surface area contributed by atoms with E-state index >= 15 is 0 Å². The Labute approximate surface area is 141 Å². The van der Waals surface area contributed by atoms with E-state index in [1.807, 2.05) is 10.9 Å². The molecule has 1 aromatic heterocycles. The molecule has 0 aliphatic carbocycles. The Bertz CT molecular complexity index is 582. The average molecular weight is 336 g/mol. The van der Waals surface area contributed by atoms with Crippen LogP contribution in [0.15, 0.2) is 12.3 Å². The zero-order chi connectivity index (χ0) is 16.9. The van der Waals surface area contributed by atoms with Gasteiger partial charge in [0.25, 0.3) is 5.91 Å². The Hall–Kier alpha value is -1.93. The minimum Gasteiger partial charge on any atom is -0.469 e. The molecule has 2 aliphatic heterocycles. The quantitative estimate of drug-likeness (QED) is 0.791.